The maximum absolute atomic E-state index is 6.18. The first kappa shape index (κ1) is 14.7. The predicted octanol–water partition coefficient (Wildman–Crippen LogP) is 4.86. The summed E-state index contributed by atoms with van der Waals surface area (Å²) in [6.07, 6.45) is 0.452. The van der Waals surface area contributed by atoms with E-state index >= 15 is 0 Å². The van der Waals surface area contributed by atoms with E-state index in [4.69, 9.17) is 32.5 Å². The molecule has 23 heavy (non-hydrogen) atoms. The SMILES string of the molecule is Clc1cccc(Cl)c1-c1noc(CC2OCc3ccccc32)n1. The number of nitrogens with zero attached hydrogens (tertiary/aromatic N) is 2. The van der Waals surface area contributed by atoms with E-state index < -0.39 is 0 Å². The van der Waals surface area contributed by atoms with E-state index in [2.05, 4.69) is 22.3 Å². The average molecular weight is 347 g/mol. The molecular weight excluding hydrogens is 335 g/mol. The van der Waals surface area contributed by atoms with Gasteiger partial charge in [0.1, 0.15) is 0 Å². The topological polar surface area (TPSA) is 48.2 Å². The number of hydrogen-bond acceptors (Lipinski definition) is 4. The van der Waals surface area contributed by atoms with Crippen LogP contribution in [0.1, 0.15) is 23.1 Å². The van der Waals surface area contributed by atoms with Gasteiger partial charge < -0.3 is 9.26 Å². The van der Waals surface area contributed by atoms with Crippen LogP contribution >= 0.6 is 23.2 Å². The summed E-state index contributed by atoms with van der Waals surface area (Å²) in [7, 11) is 0. The van der Waals surface area contributed by atoms with E-state index in [0.717, 1.165) is 0 Å². The van der Waals surface area contributed by atoms with Crippen molar-refractivity contribution < 1.29 is 9.26 Å². The van der Waals surface area contributed by atoms with E-state index in [0.29, 0.717) is 40.4 Å². The Balaban J connectivity index is 1.60. The number of rotatable bonds is 3. The van der Waals surface area contributed by atoms with E-state index in [9.17, 15) is 0 Å². The summed E-state index contributed by atoms with van der Waals surface area (Å²) in [4.78, 5) is 4.41. The zero-order chi connectivity index (χ0) is 15.8. The molecule has 1 aliphatic rings. The Labute approximate surface area is 143 Å². The maximum Gasteiger partial charge on any atom is 0.229 e. The lowest BCUT2D eigenvalue weighted by molar-refractivity contribution is 0.0608. The highest BCUT2D eigenvalue weighted by Crippen LogP contribution is 2.35. The molecule has 3 aromatic rings. The van der Waals surface area contributed by atoms with Crippen molar-refractivity contribution in [3.8, 4) is 11.4 Å². The maximum atomic E-state index is 6.18. The van der Waals surface area contributed by atoms with Gasteiger partial charge in [-0.15, -0.1) is 0 Å². The summed E-state index contributed by atoms with van der Waals surface area (Å²) in [6, 6.07) is 13.4. The Morgan fingerprint density at radius 1 is 1.04 bits per heavy atom. The van der Waals surface area contributed by atoms with Crippen molar-refractivity contribution in [3.63, 3.8) is 0 Å². The van der Waals surface area contributed by atoms with Gasteiger partial charge in [0.2, 0.25) is 11.7 Å². The summed E-state index contributed by atoms with van der Waals surface area (Å²) in [6.45, 7) is 0.609. The first-order valence-corrected chi connectivity index (χ1v) is 7.94. The summed E-state index contributed by atoms with van der Waals surface area (Å²) in [5, 5.41) is 4.98. The van der Waals surface area contributed by atoms with Crippen LogP contribution in [0.4, 0.5) is 0 Å². The molecule has 0 N–H and O–H groups in total. The number of hydrogen-bond donors (Lipinski definition) is 0. The fourth-order valence-corrected chi connectivity index (χ4v) is 3.30. The van der Waals surface area contributed by atoms with Gasteiger partial charge in [-0.25, -0.2) is 0 Å². The Bertz CT molecular complexity index is 843. The fourth-order valence-electron chi connectivity index (χ4n) is 2.74. The molecule has 0 saturated carbocycles. The summed E-state index contributed by atoms with van der Waals surface area (Å²) >= 11 is 12.4. The van der Waals surface area contributed by atoms with Crippen LogP contribution in [0.15, 0.2) is 47.0 Å². The quantitative estimate of drug-likeness (QED) is 0.679. The van der Waals surface area contributed by atoms with E-state index in [-0.39, 0.29) is 6.10 Å². The molecule has 0 radical (unpaired) electrons. The Morgan fingerprint density at radius 2 is 1.83 bits per heavy atom. The van der Waals surface area contributed by atoms with Crippen LogP contribution in [-0.4, -0.2) is 10.1 Å². The minimum atomic E-state index is -0.0683. The zero-order valence-corrected chi connectivity index (χ0v) is 13.5. The highest BCUT2D eigenvalue weighted by Gasteiger charge is 2.25. The number of ether oxygens (including phenoxy) is 1. The summed E-state index contributed by atoms with van der Waals surface area (Å²) < 4.78 is 11.2. The van der Waals surface area contributed by atoms with E-state index in [1.807, 2.05) is 12.1 Å². The molecule has 4 rings (SSSR count). The fraction of sp³-hybridized carbons (Fsp3) is 0.176. The molecule has 0 aliphatic carbocycles. The smallest absolute Gasteiger partial charge is 0.229 e. The molecule has 1 atom stereocenters. The predicted molar refractivity (Wildman–Crippen MR) is 87.4 cm³/mol. The molecule has 6 heteroatoms. The third kappa shape index (κ3) is 2.74. The Morgan fingerprint density at radius 3 is 2.65 bits per heavy atom. The van der Waals surface area contributed by atoms with Gasteiger partial charge in [0.25, 0.3) is 0 Å². The first-order chi connectivity index (χ1) is 11.2. The Hall–Kier alpha value is -1.88. The van der Waals surface area contributed by atoms with Gasteiger partial charge in [-0.1, -0.05) is 58.7 Å². The van der Waals surface area contributed by atoms with Crippen LogP contribution in [0.5, 0.6) is 0 Å². The molecule has 0 fully saturated rings. The van der Waals surface area contributed by atoms with Gasteiger partial charge in [-0.05, 0) is 23.3 Å². The second-order valence-electron chi connectivity index (χ2n) is 5.31. The summed E-state index contributed by atoms with van der Waals surface area (Å²) in [5.41, 5.74) is 2.95. The summed E-state index contributed by atoms with van der Waals surface area (Å²) in [5.74, 6) is 0.888. The number of fused-ring (bicyclic) bond motifs is 1. The second-order valence-corrected chi connectivity index (χ2v) is 6.13. The minimum Gasteiger partial charge on any atom is -0.368 e. The molecule has 1 aliphatic heterocycles. The van der Waals surface area contributed by atoms with Crippen molar-refractivity contribution in [1.82, 2.24) is 10.1 Å². The van der Waals surface area contributed by atoms with Crippen molar-refractivity contribution in [2.75, 3.05) is 0 Å². The molecule has 1 aromatic heterocycles. The van der Waals surface area contributed by atoms with Crippen molar-refractivity contribution >= 4 is 23.2 Å². The van der Waals surface area contributed by atoms with Gasteiger partial charge in [-0.3, -0.25) is 0 Å². The van der Waals surface area contributed by atoms with Crippen molar-refractivity contribution in [2.24, 2.45) is 0 Å². The molecule has 1 unspecified atom stereocenters. The molecular formula is C17H12Cl2N2O2. The van der Waals surface area contributed by atoms with Crippen LogP contribution in [0.25, 0.3) is 11.4 Å². The first-order valence-electron chi connectivity index (χ1n) is 7.19. The zero-order valence-electron chi connectivity index (χ0n) is 12.0. The van der Waals surface area contributed by atoms with E-state index in [1.165, 1.54) is 11.1 Å². The normalized spacial score (nSPS) is 16.5. The highest BCUT2D eigenvalue weighted by atomic mass is 35.5. The molecule has 0 amide bonds. The van der Waals surface area contributed by atoms with E-state index in [1.54, 1.807) is 18.2 Å². The molecule has 0 spiro atoms. The van der Waals surface area contributed by atoms with Gasteiger partial charge in [0.05, 0.1) is 34.7 Å². The molecule has 4 nitrogen and oxygen atoms in total. The van der Waals surface area contributed by atoms with Crippen LogP contribution in [-0.2, 0) is 17.8 Å². The Kier molecular flexibility index (Phi) is 3.81. The van der Waals surface area contributed by atoms with Crippen LogP contribution in [0, 0.1) is 0 Å². The molecule has 116 valence electrons. The van der Waals surface area contributed by atoms with Crippen molar-refractivity contribution in [2.45, 2.75) is 19.1 Å². The van der Waals surface area contributed by atoms with Gasteiger partial charge in [0.15, 0.2) is 0 Å². The molecule has 0 saturated heterocycles. The van der Waals surface area contributed by atoms with Crippen LogP contribution < -0.4 is 0 Å². The van der Waals surface area contributed by atoms with Crippen LogP contribution in [0.2, 0.25) is 10.0 Å². The molecule has 2 heterocycles. The average Bonchev–Trinajstić information content (AvgIpc) is 3.16. The van der Waals surface area contributed by atoms with Gasteiger partial charge >= 0.3 is 0 Å². The lowest BCUT2D eigenvalue weighted by atomic mass is 10.0. The van der Waals surface area contributed by atoms with Gasteiger partial charge in [-0.2, -0.15) is 4.98 Å². The number of aromatic nitrogens is 2. The number of benzene rings is 2. The lowest BCUT2D eigenvalue weighted by Crippen LogP contribution is -2.01. The van der Waals surface area contributed by atoms with Crippen molar-refractivity contribution in [1.29, 1.82) is 0 Å². The van der Waals surface area contributed by atoms with Crippen LogP contribution in [0.3, 0.4) is 0 Å². The molecule has 0 bridgehead atoms. The monoisotopic (exact) mass is 346 g/mol. The standard InChI is InChI=1S/C17H12Cl2N2O2/c18-12-6-3-7-13(19)16(12)17-20-15(23-21-17)8-14-11-5-2-1-4-10(11)9-22-14/h1-7,14H,8-9H2. The third-order valence-corrected chi connectivity index (χ3v) is 4.49. The van der Waals surface area contributed by atoms with Crippen molar-refractivity contribution in [3.05, 3.63) is 69.5 Å². The third-order valence-electron chi connectivity index (χ3n) is 3.86. The lowest BCUT2D eigenvalue weighted by Gasteiger charge is -2.07. The number of halogens is 2. The second kappa shape index (κ2) is 5.96. The highest BCUT2D eigenvalue weighted by molar-refractivity contribution is 6.38. The van der Waals surface area contributed by atoms with Gasteiger partial charge in [0, 0.05) is 0 Å². The largest absolute Gasteiger partial charge is 0.368 e. The molecule has 2 aromatic carbocycles. The minimum absolute atomic E-state index is 0.0683.